The van der Waals surface area contributed by atoms with Gasteiger partial charge in [-0.1, -0.05) is 0 Å². The standard InChI is InChI=1S/C9H10N4/c1-7-4-6-13(12-7)8-3-2-5-11-9(8)10/h2-6H,1H3,(H2,10,11). The van der Waals surface area contributed by atoms with Crippen molar-refractivity contribution in [3.63, 3.8) is 0 Å². The van der Waals surface area contributed by atoms with Crippen LogP contribution in [-0.4, -0.2) is 14.8 Å². The summed E-state index contributed by atoms with van der Waals surface area (Å²) in [6.45, 7) is 1.93. The summed E-state index contributed by atoms with van der Waals surface area (Å²) in [5.74, 6) is 0.491. The fraction of sp³-hybridized carbons (Fsp3) is 0.111. The Morgan fingerprint density at radius 3 is 2.85 bits per heavy atom. The van der Waals surface area contributed by atoms with E-state index in [9.17, 15) is 0 Å². The minimum absolute atomic E-state index is 0.491. The van der Waals surface area contributed by atoms with Crippen molar-refractivity contribution in [3.05, 3.63) is 36.3 Å². The van der Waals surface area contributed by atoms with Crippen molar-refractivity contribution >= 4 is 5.82 Å². The fourth-order valence-corrected chi connectivity index (χ4v) is 1.15. The highest BCUT2D eigenvalue weighted by Gasteiger charge is 2.01. The Labute approximate surface area is 76.0 Å². The van der Waals surface area contributed by atoms with Gasteiger partial charge in [0.1, 0.15) is 11.5 Å². The van der Waals surface area contributed by atoms with E-state index < -0.39 is 0 Å². The third-order valence-corrected chi connectivity index (χ3v) is 1.79. The van der Waals surface area contributed by atoms with Gasteiger partial charge in [0.25, 0.3) is 0 Å². The average Bonchev–Trinajstić information content (AvgIpc) is 2.53. The first-order valence-electron chi connectivity index (χ1n) is 4.00. The van der Waals surface area contributed by atoms with Crippen LogP contribution in [0, 0.1) is 6.92 Å². The van der Waals surface area contributed by atoms with Crippen molar-refractivity contribution in [2.75, 3.05) is 5.73 Å². The van der Waals surface area contributed by atoms with Crippen LogP contribution in [-0.2, 0) is 0 Å². The van der Waals surface area contributed by atoms with Gasteiger partial charge in [-0.2, -0.15) is 5.10 Å². The quantitative estimate of drug-likeness (QED) is 0.705. The summed E-state index contributed by atoms with van der Waals surface area (Å²) in [5, 5.41) is 4.24. The Morgan fingerprint density at radius 2 is 2.23 bits per heavy atom. The first-order chi connectivity index (χ1) is 6.27. The minimum atomic E-state index is 0.491. The van der Waals surface area contributed by atoms with Crippen LogP contribution in [0.2, 0.25) is 0 Å². The molecule has 13 heavy (non-hydrogen) atoms. The van der Waals surface area contributed by atoms with Gasteiger partial charge in [0.2, 0.25) is 0 Å². The molecule has 2 aromatic rings. The summed E-state index contributed by atoms with van der Waals surface area (Å²) in [7, 11) is 0. The highest BCUT2D eigenvalue weighted by molar-refractivity contribution is 5.50. The maximum atomic E-state index is 5.69. The molecule has 4 heteroatoms. The number of rotatable bonds is 1. The summed E-state index contributed by atoms with van der Waals surface area (Å²) >= 11 is 0. The monoisotopic (exact) mass is 174 g/mol. The molecule has 0 aliphatic heterocycles. The van der Waals surface area contributed by atoms with E-state index in [4.69, 9.17) is 5.73 Å². The lowest BCUT2D eigenvalue weighted by molar-refractivity contribution is 0.860. The van der Waals surface area contributed by atoms with Gasteiger partial charge in [0.15, 0.2) is 0 Å². The second-order valence-electron chi connectivity index (χ2n) is 2.81. The third-order valence-electron chi connectivity index (χ3n) is 1.79. The SMILES string of the molecule is Cc1ccn(-c2cccnc2N)n1. The van der Waals surface area contributed by atoms with Crippen LogP contribution in [0.1, 0.15) is 5.69 Å². The van der Waals surface area contributed by atoms with Crippen LogP contribution in [0.25, 0.3) is 5.69 Å². The maximum Gasteiger partial charge on any atom is 0.149 e. The van der Waals surface area contributed by atoms with E-state index in [-0.39, 0.29) is 0 Å². The first kappa shape index (κ1) is 7.79. The number of hydrogen-bond acceptors (Lipinski definition) is 3. The van der Waals surface area contributed by atoms with Gasteiger partial charge in [-0.05, 0) is 25.1 Å². The average molecular weight is 174 g/mol. The smallest absolute Gasteiger partial charge is 0.149 e. The van der Waals surface area contributed by atoms with E-state index in [1.165, 1.54) is 0 Å². The predicted octanol–water partition coefficient (Wildman–Crippen LogP) is 1.16. The molecule has 0 radical (unpaired) electrons. The molecular formula is C9H10N4. The molecule has 0 aliphatic rings. The molecule has 0 saturated carbocycles. The molecule has 2 N–H and O–H groups in total. The lowest BCUT2D eigenvalue weighted by Crippen LogP contribution is -2.01. The zero-order valence-corrected chi connectivity index (χ0v) is 7.31. The summed E-state index contributed by atoms with van der Waals surface area (Å²) in [6.07, 6.45) is 3.53. The Bertz CT molecular complexity index is 419. The topological polar surface area (TPSA) is 56.7 Å². The Morgan fingerprint density at radius 1 is 1.38 bits per heavy atom. The number of anilines is 1. The molecule has 0 aromatic carbocycles. The van der Waals surface area contributed by atoms with E-state index in [1.54, 1.807) is 10.9 Å². The van der Waals surface area contributed by atoms with Crippen LogP contribution < -0.4 is 5.73 Å². The molecule has 2 heterocycles. The molecule has 0 spiro atoms. The highest BCUT2D eigenvalue weighted by Crippen LogP contribution is 2.12. The molecular weight excluding hydrogens is 164 g/mol. The second-order valence-corrected chi connectivity index (χ2v) is 2.81. The summed E-state index contributed by atoms with van der Waals surface area (Å²) < 4.78 is 1.72. The van der Waals surface area contributed by atoms with Crippen molar-refractivity contribution in [1.82, 2.24) is 14.8 Å². The number of pyridine rings is 1. The third kappa shape index (κ3) is 1.38. The largest absolute Gasteiger partial charge is 0.382 e. The van der Waals surface area contributed by atoms with E-state index in [2.05, 4.69) is 10.1 Å². The summed E-state index contributed by atoms with van der Waals surface area (Å²) in [5.41, 5.74) is 7.47. The summed E-state index contributed by atoms with van der Waals surface area (Å²) in [4.78, 5) is 3.98. The van der Waals surface area contributed by atoms with Crippen LogP contribution in [0.5, 0.6) is 0 Å². The molecule has 0 unspecified atom stereocenters. The van der Waals surface area contributed by atoms with E-state index in [1.807, 2.05) is 31.3 Å². The number of nitrogens with zero attached hydrogens (tertiary/aromatic N) is 3. The van der Waals surface area contributed by atoms with E-state index >= 15 is 0 Å². The Balaban J connectivity index is 2.52. The Kier molecular flexibility index (Phi) is 1.73. The van der Waals surface area contributed by atoms with Gasteiger partial charge in [-0.15, -0.1) is 0 Å². The lowest BCUT2D eigenvalue weighted by Gasteiger charge is -2.02. The number of nitrogen functional groups attached to an aromatic ring is 1. The van der Waals surface area contributed by atoms with Gasteiger partial charge in [-0.3, -0.25) is 0 Å². The molecule has 2 aromatic heterocycles. The van der Waals surface area contributed by atoms with Crippen molar-refractivity contribution in [2.24, 2.45) is 0 Å². The first-order valence-corrected chi connectivity index (χ1v) is 4.00. The van der Waals surface area contributed by atoms with Crippen molar-refractivity contribution in [3.8, 4) is 5.69 Å². The van der Waals surface area contributed by atoms with Gasteiger partial charge >= 0.3 is 0 Å². The maximum absolute atomic E-state index is 5.69. The molecule has 0 atom stereocenters. The molecule has 0 bridgehead atoms. The molecule has 0 aliphatic carbocycles. The number of aromatic nitrogens is 3. The van der Waals surface area contributed by atoms with Crippen molar-refractivity contribution < 1.29 is 0 Å². The van der Waals surface area contributed by atoms with Gasteiger partial charge in [0, 0.05) is 12.4 Å². The van der Waals surface area contributed by atoms with Crippen LogP contribution in [0.15, 0.2) is 30.6 Å². The van der Waals surface area contributed by atoms with Crippen LogP contribution >= 0.6 is 0 Å². The molecule has 66 valence electrons. The van der Waals surface area contributed by atoms with Gasteiger partial charge in [0.05, 0.1) is 5.69 Å². The van der Waals surface area contributed by atoms with Gasteiger partial charge < -0.3 is 5.73 Å². The Hall–Kier alpha value is -1.84. The van der Waals surface area contributed by atoms with Crippen LogP contribution in [0.4, 0.5) is 5.82 Å². The predicted molar refractivity (Wildman–Crippen MR) is 50.5 cm³/mol. The summed E-state index contributed by atoms with van der Waals surface area (Å²) in [6, 6.07) is 5.64. The van der Waals surface area contributed by atoms with Gasteiger partial charge in [-0.25, -0.2) is 9.67 Å². The number of hydrogen-bond donors (Lipinski definition) is 1. The molecule has 0 amide bonds. The number of nitrogens with two attached hydrogens (primary N) is 1. The highest BCUT2D eigenvalue weighted by atomic mass is 15.3. The molecule has 0 saturated heterocycles. The lowest BCUT2D eigenvalue weighted by atomic mass is 10.4. The van der Waals surface area contributed by atoms with Crippen molar-refractivity contribution in [2.45, 2.75) is 6.92 Å². The minimum Gasteiger partial charge on any atom is -0.382 e. The zero-order valence-electron chi connectivity index (χ0n) is 7.31. The van der Waals surface area contributed by atoms with Crippen molar-refractivity contribution in [1.29, 1.82) is 0 Å². The normalized spacial score (nSPS) is 10.2. The van der Waals surface area contributed by atoms with Crippen LogP contribution in [0.3, 0.4) is 0 Å². The second kappa shape index (κ2) is 2.90. The molecule has 0 fully saturated rings. The number of aryl methyl sites for hydroxylation is 1. The van der Waals surface area contributed by atoms with E-state index in [0.29, 0.717) is 5.82 Å². The van der Waals surface area contributed by atoms with E-state index in [0.717, 1.165) is 11.4 Å². The molecule has 2 rings (SSSR count). The zero-order chi connectivity index (χ0) is 9.26. The fourth-order valence-electron chi connectivity index (χ4n) is 1.15. The molecule has 4 nitrogen and oxygen atoms in total.